The number of carbonyl (C=O) groups excluding carboxylic acids is 2. The van der Waals surface area contributed by atoms with Crippen LogP contribution in [-0.4, -0.2) is 25.4 Å². The second kappa shape index (κ2) is 5.78. The summed E-state index contributed by atoms with van der Waals surface area (Å²) < 4.78 is 0. The van der Waals surface area contributed by atoms with E-state index in [1.165, 1.54) is 5.56 Å². The molecule has 1 heterocycles. The largest absolute Gasteiger partial charge is 0.312 e. The molecule has 0 bridgehead atoms. The maximum atomic E-state index is 12.9. The van der Waals surface area contributed by atoms with Gasteiger partial charge in [-0.2, -0.15) is 0 Å². The molecule has 2 amide bonds. The van der Waals surface area contributed by atoms with Crippen molar-refractivity contribution in [2.24, 2.45) is 0 Å². The number of hydrogen-bond donors (Lipinski definition) is 0. The fraction of sp³-hybridized carbons (Fsp3) is 0.300. The second-order valence-corrected chi connectivity index (χ2v) is 7.16. The molecule has 124 valence electrons. The van der Waals surface area contributed by atoms with Crippen LogP contribution in [0.5, 0.6) is 0 Å². The highest BCUT2D eigenvalue weighted by atomic mass is 16.2. The highest BCUT2D eigenvalue weighted by molar-refractivity contribution is 6.15. The summed E-state index contributed by atoms with van der Waals surface area (Å²) >= 11 is 0. The number of hydrogen-bond acceptors (Lipinski definition) is 2. The molecule has 0 radical (unpaired) electrons. The Morgan fingerprint density at radius 3 is 2.12 bits per heavy atom. The molecule has 0 fully saturated rings. The third kappa shape index (κ3) is 2.80. The third-order valence-corrected chi connectivity index (χ3v) is 4.44. The highest BCUT2D eigenvalue weighted by Crippen LogP contribution is 2.33. The van der Waals surface area contributed by atoms with Gasteiger partial charge in [0.25, 0.3) is 5.91 Å². The van der Waals surface area contributed by atoms with Crippen LogP contribution < -0.4 is 9.80 Å². The van der Waals surface area contributed by atoms with E-state index < -0.39 is 0 Å². The van der Waals surface area contributed by atoms with Gasteiger partial charge in [0.05, 0.1) is 11.4 Å². The van der Waals surface area contributed by atoms with E-state index in [4.69, 9.17) is 0 Å². The molecule has 1 aliphatic heterocycles. The van der Waals surface area contributed by atoms with Crippen LogP contribution >= 0.6 is 0 Å². The Kier molecular flexibility index (Phi) is 3.91. The van der Waals surface area contributed by atoms with Gasteiger partial charge in [-0.3, -0.25) is 14.5 Å². The van der Waals surface area contributed by atoms with E-state index in [1.807, 2.05) is 48.5 Å². The van der Waals surface area contributed by atoms with Gasteiger partial charge in [-0.05, 0) is 35.2 Å². The summed E-state index contributed by atoms with van der Waals surface area (Å²) in [5.41, 5.74) is 3.33. The van der Waals surface area contributed by atoms with E-state index >= 15 is 0 Å². The third-order valence-electron chi connectivity index (χ3n) is 4.44. The molecule has 3 rings (SSSR count). The lowest BCUT2D eigenvalue weighted by molar-refractivity contribution is -0.117. The standard InChI is InChI=1S/C20H22N2O2/c1-20(2,3)15-11-9-14(10-12-15)19(24)22-13-18(23)21(4)16-7-5-6-8-17(16)22/h5-12H,13H2,1-4H3. The first-order chi connectivity index (χ1) is 11.3. The lowest BCUT2D eigenvalue weighted by Gasteiger charge is -2.34. The Labute approximate surface area is 142 Å². The maximum absolute atomic E-state index is 12.9. The second-order valence-electron chi connectivity index (χ2n) is 7.16. The summed E-state index contributed by atoms with van der Waals surface area (Å²) in [6, 6.07) is 15.1. The van der Waals surface area contributed by atoms with Gasteiger partial charge < -0.3 is 4.90 Å². The molecule has 0 unspecified atom stereocenters. The number of benzene rings is 2. The molecule has 0 aliphatic carbocycles. The molecule has 4 heteroatoms. The average Bonchev–Trinajstić information content (AvgIpc) is 2.57. The van der Waals surface area contributed by atoms with E-state index in [0.29, 0.717) is 5.56 Å². The minimum absolute atomic E-state index is 0.0397. The van der Waals surface area contributed by atoms with Gasteiger partial charge >= 0.3 is 0 Å². The van der Waals surface area contributed by atoms with Crippen molar-refractivity contribution in [3.63, 3.8) is 0 Å². The van der Waals surface area contributed by atoms with Gasteiger partial charge in [0.15, 0.2) is 0 Å². The zero-order chi connectivity index (χ0) is 17.5. The normalized spacial score (nSPS) is 14.6. The number of carbonyl (C=O) groups is 2. The Morgan fingerprint density at radius 1 is 0.958 bits per heavy atom. The van der Waals surface area contributed by atoms with E-state index in [1.54, 1.807) is 16.8 Å². The average molecular weight is 322 g/mol. The van der Waals surface area contributed by atoms with Gasteiger partial charge in [0.1, 0.15) is 6.54 Å². The molecule has 0 spiro atoms. The summed E-state index contributed by atoms with van der Waals surface area (Å²) in [7, 11) is 1.74. The van der Waals surface area contributed by atoms with Crippen LogP contribution in [-0.2, 0) is 10.2 Å². The van der Waals surface area contributed by atoms with Crippen LogP contribution in [0.3, 0.4) is 0 Å². The van der Waals surface area contributed by atoms with Gasteiger partial charge in [0, 0.05) is 12.6 Å². The summed E-state index contributed by atoms with van der Waals surface area (Å²) in [6.07, 6.45) is 0. The number of likely N-dealkylation sites (N-methyl/N-ethyl adjacent to an activating group) is 1. The predicted molar refractivity (Wildman–Crippen MR) is 96.7 cm³/mol. The van der Waals surface area contributed by atoms with Crippen LogP contribution in [0.15, 0.2) is 48.5 Å². The minimum Gasteiger partial charge on any atom is -0.312 e. The lowest BCUT2D eigenvalue weighted by Crippen LogP contribution is -2.46. The Bertz CT molecular complexity index is 788. The first-order valence-electron chi connectivity index (χ1n) is 8.07. The molecule has 2 aromatic carbocycles. The Balaban J connectivity index is 1.96. The summed E-state index contributed by atoms with van der Waals surface area (Å²) in [6.45, 7) is 6.48. The smallest absolute Gasteiger partial charge is 0.258 e. The van der Waals surface area contributed by atoms with Crippen molar-refractivity contribution in [2.75, 3.05) is 23.4 Å². The number of nitrogens with zero attached hydrogens (tertiary/aromatic N) is 2. The molecule has 0 atom stereocenters. The van der Waals surface area contributed by atoms with Crippen LogP contribution in [0.2, 0.25) is 0 Å². The van der Waals surface area contributed by atoms with Crippen molar-refractivity contribution in [1.82, 2.24) is 0 Å². The number of anilines is 2. The molecule has 24 heavy (non-hydrogen) atoms. The molecular formula is C20H22N2O2. The van der Waals surface area contributed by atoms with E-state index in [0.717, 1.165) is 11.4 Å². The van der Waals surface area contributed by atoms with E-state index in [9.17, 15) is 9.59 Å². The van der Waals surface area contributed by atoms with Crippen LogP contribution in [0, 0.1) is 0 Å². The van der Waals surface area contributed by atoms with Crippen molar-refractivity contribution in [3.8, 4) is 0 Å². The quantitative estimate of drug-likeness (QED) is 0.805. The fourth-order valence-electron chi connectivity index (χ4n) is 2.89. The topological polar surface area (TPSA) is 40.6 Å². The van der Waals surface area contributed by atoms with Crippen molar-refractivity contribution < 1.29 is 9.59 Å². The van der Waals surface area contributed by atoms with Gasteiger partial charge in [0.2, 0.25) is 5.91 Å². The van der Waals surface area contributed by atoms with Crippen molar-refractivity contribution >= 4 is 23.2 Å². The highest BCUT2D eigenvalue weighted by Gasteiger charge is 2.30. The summed E-state index contributed by atoms with van der Waals surface area (Å²) in [5, 5.41) is 0. The molecular weight excluding hydrogens is 300 g/mol. The molecule has 0 saturated heterocycles. The molecule has 0 saturated carbocycles. The van der Waals surface area contributed by atoms with Gasteiger partial charge in [-0.1, -0.05) is 45.0 Å². The Morgan fingerprint density at radius 2 is 1.54 bits per heavy atom. The number of para-hydroxylation sites is 2. The van der Waals surface area contributed by atoms with Gasteiger partial charge in [-0.25, -0.2) is 0 Å². The molecule has 0 aromatic heterocycles. The molecule has 4 nitrogen and oxygen atoms in total. The number of fused-ring (bicyclic) bond motifs is 1. The number of rotatable bonds is 1. The SMILES string of the molecule is CN1C(=O)CN(C(=O)c2ccc(C(C)(C)C)cc2)c2ccccc21. The molecule has 1 aliphatic rings. The van der Waals surface area contributed by atoms with Crippen LogP contribution in [0.1, 0.15) is 36.7 Å². The fourth-order valence-corrected chi connectivity index (χ4v) is 2.89. The first-order valence-corrected chi connectivity index (χ1v) is 8.07. The molecule has 2 aromatic rings. The van der Waals surface area contributed by atoms with Crippen LogP contribution in [0.25, 0.3) is 0 Å². The first kappa shape index (κ1) is 16.2. The summed E-state index contributed by atoms with van der Waals surface area (Å²) in [4.78, 5) is 28.3. The zero-order valence-electron chi connectivity index (χ0n) is 14.5. The van der Waals surface area contributed by atoms with E-state index in [2.05, 4.69) is 20.8 Å². The minimum atomic E-state index is -0.149. The predicted octanol–water partition coefficient (Wildman–Crippen LogP) is 3.61. The molecule has 0 N–H and O–H groups in total. The zero-order valence-corrected chi connectivity index (χ0v) is 14.5. The lowest BCUT2D eigenvalue weighted by atomic mass is 9.86. The van der Waals surface area contributed by atoms with Crippen LogP contribution in [0.4, 0.5) is 11.4 Å². The monoisotopic (exact) mass is 322 g/mol. The van der Waals surface area contributed by atoms with Gasteiger partial charge in [-0.15, -0.1) is 0 Å². The van der Waals surface area contributed by atoms with Crippen molar-refractivity contribution in [1.29, 1.82) is 0 Å². The Hall–Kier alpha value is -2.62. The van der Waals surface area contributed by atoms with Crippen molar-refractivity contribution in [2.45, 2.75) is 26.2 Å². The maximum Gasteiger partial charge on any atom is 0.258 e. The van der Waals surface area contributed by atoms with E-state index in [-0.39, 0.29) is 23.8 Å². The number of amides is 2. The van der Waals surface area contributed by atoms with Crippen molar-refractivity contribution in [3.05, 3.63) is 59.7 Å². The summed E-state index contributed by atoms with van der Waals surface area (Å²) in [5.74, 6) is -0.238.